The van der Waals surface area contributed by atoms with Crippen molar-refractivity contribution in [2.75, 3.05) is 0 Å². The van der Waals surface area contributed by atoms with Crippen LogP contribution in [0.5, 0.6) is 0 Å². The Morgan fingerprint density at radius 1 is 1.50 bits per heavy atom. The van der Waals surface area contributed by atoms with Crippen LogP contribution in [0, 0.1) is 0 Å². The van der Waals surface area contributed by atoms with Crippen molar-refractivity contribution >= 4 is 27.0 Å². The number of para-hydroxylation sites is 1. The Bertz CT molecular complexity index is 503. The Labute approximate surface area is 90.0 Å². The summed E-state index contributed by atoms with van der Waals surface area (Å²) in [5.74, 6) is 1.11. The smallest absolute Gasteiger partial charge is 0.111 e. The molecule has 0 saturated heterocycles. The molecule has 1 unspecified atom stereocenters. The summed E-state index contributed by atoms with van der Waals surface area (Å²) in [5, 5.41) is 0. The van der Waals surface area contributed by atoms with E-state index in [-0.39, 0.29) is 6.04 Å². The summed E-state index contributed by atoms with van der Waals surface area (Å²) in [6, 6.07) is 6.32. The minimum absolute atomic E-state index is 0.231. The van der Waals surface area contributed by atoms with Gasteiger partial charge in [0.15, 0.2) is 0 Å². The number of hydrogen-bond donors (Lipinski definition) is 1. The molecule has 0 amide bonds. The fourth-order valence-electron chi connectivity index (χ4n) is 2.08. The Hall–Kier alpha value is -0.870. The van der Waals surface area contributed by atoms with Gasteiger partial charge in [-0.3, -0.25) is 0 Å². The first-order chi connectivity index (χ1) is 6.75. The Balaban J connectivity index is 2.35. The van der Waals surface area contributed by atoms with Crippen LogP contribution in [-0.2, 0) is 13.0 Å². The zero-order valence-electron chi connectivity index (χ0n) is 7.57. The van der Waals surface area contributed by atoms with Crippen LogP contribution in [0.1, 0.15) is 5.82 Å². The molecule has 0 saturated carbocycles. The van der Waals surface area contributed by atoms with Gasteiger partial charge in [0.2, 0.25) is 0 Å². The number of nitrogens with two attached hydrogens (primary N) is 1. The third-order valence-electron chi connectivity index (χ3n) is 2.66. The Kier molecular flexibility index (Phi) is 1.69. The molecule has 1 aliphatic rings. The SMILES string of the molecule is NC1Cc2nc3cccc(Br)c3n2C1. The topological polar surface area (TPSA) is 43.8 Å². The predicted molar refractivity (Wildman–Crippen MR) is 59.1 cm³/mol. The van der Waals surface area contributed by atoms with Crippen molar-refractivity contribution in [1.82, 2.24) is 9.55 Å². The molecule has 14 heavy (non-hydrogen) atoms. The van der Waals surface area contributed by atoms with Gasteiger partial charge in [-0.15, -0.1) is 0 Å². The van der Waals surface area contributed by atoms with Crippen LogP contribution in [0.4, 0.5) is 0 Å². The zero-order valence-corrected chi connectivity index (χ0v) is 9.16. The van der Waals surface area contributed by atoms with E-state index in [1.807, 2.05) is 18.2 Å². The van der Waals surface area contributed by atoms with E-state index in [4.69, 9.17) is 5.73 Å². The van der Waals surface area contributed by atoms with Crippen molar-refractivity contribution in [3.63, 3.8) is 0 Å². The maximum atomic E-state index is 5.89. The average Bonchev–Trinajstić information content (AvgIpc) is 2.60. The monoisotopic (exact) mass is 251 g/mol. The van der Waals surface area contributed by atoms with Crippen molar-refractivity contribution in [3.05, 3.63) is 28.5 Å². The first-order valence-electron chi connectivity index (χ1n) is 4.65. The lowest BCUT2D eigenvalue weighted by Gasteiger charge is -2.02. The minimum Gasteiger partial charge on any atom is -0.326 e. The molecule has 2 heterocycles. The highest BCUT2D eigenvalue weighted by molar-refractivity contribution is 9.10. The van der Waals surface area contributed by atoms with Gasteiger partial charge in [0.25, 0.3) is 0 Å². The number of imidazole rings is 1. The number of fused-ring (bicyclic) bond motifs is 3. The van der Waals surface area contributed by atoms with Crippen LogP contribution >= 0.6 is 15.9 Å². The molecule has 1 aromatic carbocycles. The minimum atomic E-state index is 0.231. The second-order valence-corrected chi connectivity index (χ2v) is 4.56. The standard InChI is InChI=1S/C10H10BrN3/c11-7-2-1-3-8-10(7)14-5-6(12)4-9(14)13-8/h1-3,6H,4-5,12H2. The van der Waals surface area contributed by atoms with Gasteiger partial charge in [-0.1, -0.05) is 6.07 Å². The van der Waals surface area contributed by atoms with Crippen LogP contribution in [0.3, 0.4) is 0 Å². The van der Waals surface area contributed by atoms with Crippen LogP contribution < -0.4 is 5.73 Å². The van der Waals surface area contributed by atoms with Crippen molar-refractivity contribution in [2.45, 2.75) is 19.0 Å². The van der Waals surface area contributed by atoms with Crippen LogP contribution in [0.2, 0.25) is 0 Å². The lowest BCUT2D eigenvalue weighted by atomic mass is 10.2. The largest absolute Gasteiger partial charge is 0.326 e. The highest BCUT2D eigenvalue weighted by Crippen LogP contribution is 2.28. The molecule has 0 fully saturated rings. The van der Waals surface area contributed by atoms with Gasteiger partial charge in [0, 0.05) is 23.5 Å². The van der Waals surface area contributed by atoms with Gasteiger partial charge in [-0.05, 0) is 28.1 Å². The molecule has 2 aromatic rings. The number of rotatable bonds is 0. The predicted octanol–water partition coefficient (Wildman–Crippen LogP) is 1.68. The third-order valence-corrected chi connectivity index (χ3v) is 3.30. The number of nitrogens with zero attached hydrogens (tertiary/aromatic N) is 2. The fraction of sp³-hybridized carbons (Fsp3) is 0.300. The summed E-state index contributed by atoms with van der Waals surface area (Å²) in [5.41, 5.74) is 8.13. The molecule has 4 heteroatoms. The van der Waals surface area contributed by atoms with Crippen molar-refractivity contribution in [3.8, 4) is 0 Å². The maximum Gasteiger partial charge on any atom is 0.111 e. The molecule has 0 radical (unpaired) electrons. The molecule has 0 aliphatic carbocycles. The molecule has 1 atom stereocenters. The van der Waals surface area contributed by atoms with E-state index in [0.29, 0.717) is 0 Å². The van der Waals surface area contributed by atoms with Crippen LogP contribution in [-0.4, -0.2) is 15.6 Å². The molecule has 0 bridgehead atoms. The third kappa shape index (κ3) is 1.04. The maximum absolute atomic E-state index is 5.89. The molecule has 3 nitrogen and oxygen atoms in total. The summed E-state index contributed by atoms with van der Waals surface area (Å²) in [6.07, 6.45) is 0.890. The molecule has 0 spiro atoms. The van der Waals surface area contributed by atoms with E-state index in [1.165, 1.54) is 5.52 Å². The first kappa shape index (κ1) is 8.44. The van der Waals surface area contributed by atoms with Gasteiger partial charge in [0.05, 0.1) is 11.0 Å². The van der Waals surface area contributed by atoms with E-state index in [2.05, 4.69) is 25.5 Å². The van der Waals surface area contributed by atoms with Gasteiger partial charge >= 0.3 is 0 Å². The second-order valence-electron chi connectivity index (χ2n) is 3.71. The van der Waals surface area contributed by atoms with Crippen LogP contribution in [0.25, 0.3) is 11.0 Å². The number of aromatic nitrogens is 2. The first-order valence-corrected chi connectivity index (χ1v) is 5.44. The van der Waals surface area contributed by atoms with E-state index >= 15 is 0 Å². The molecule has 3 rings (SSSR count). The van der Waals surface area contributed by atoms with Crippen molar-refractivity contribution < 1.29 is 0 Å². The summed E-state index contributed by atoms with van der Waals surface area (Å²) in [6.45, 7) is 0.883. The molecule has 72 valence electrons. The second kappa shape index (κ2) is 2.81. The molecule has 2 N–H and O–H groups in total. The number of halogens is 1. The lowest BCUT2D eigenvalue weighted by molar-refractivity contribution is 0.651. The number of benzene rings is 1. The average molecular weight is 252 g/mol. The molecule has 1 aliphatic heterocycles. The van der Waals surface area contributed by atoms with Crippen LogP contribution in [0.15, 0.2) is 22.7 Å². The van der Waals surface area contributed by atoms with Gasteiger partial charge in [-0.2, -0.15) is 0 Å². The normalized spacial score (nSPS) is 20.3. The lowest BCUT2D eigenvalue weighted by Crippen LogP contribution is -2.20. The zero-order chi connectivity index (χ0) is 9.71. The molecular weight excluding hydrogens is 242 g/mol. The molecule has 1 aromatic heterocycles. The quantitative estimate of drug-likeness (QED) is 0.775. The van der Waals surface area contributed by atoms with E-state index in [9.17, 15) is 0 Å². The number of hydrogen-bond acceptors (Lipinski definition) is 2. The Morgan fingerprint density at radius 2 is 2.36 bits per heavy atom. The Morgan fingerprint density at radius 3 is 3.21 bits per heavy atom. The van der Waals surface area contributed by atoms with E-state index < -0.39 is 0 Å². The van der Waals surface area contributed by atoms with E-state index in [1.54, 1.807) is 0 Å². The highest BCUT2D eigenvalue weighted by atomic mass is 79.9. The highest BCUT2D eigenvalue weighted by Gasteiger charge is 2.22. The molecular formula is C10H10BrN3. The summed E-state index contributed by atoms with van der Waals surface area (Å²) >= 11 is 3.55. The van der Waals surface area contributed by atoms with Gasteiger partial charge in [-0.25, -0.2) is 4.98 Å². The fourth-order valence-corrected chi connectivity index (χ4v) is 2.65. The van der Waals surface area contributed by atoms with Crippen molar-refractivity contribution in [2.24, 2.45) is 5.73 Å². The summed E-state index contributed by atoms with van der Waals surface area (Å²) in [7, 11) is 0. The van der Waals surface area contributed by atoms with Crippen molar-refractivity contribution in [1.29, 1.82) is 0 Å². The van der Waals surface area contributed by atoms with E-state index in [0.717, 1.165) is 28.8 Å². The summed E-state index contributed by atoms with van der Waals surface area (Å²) < 4.78 is 3.31. The van der Waals surface area contributed by atoms with Gasteiger partial charge in [0.1, 0.15) is 5.82 Å². The summed E-state index contributed by atoms with van der Waals surface area (Å²) in [4.78, 5) is 4.56. The van der Waals surface area contributed by atoms with Gasteiger partial charge < -0.3 is 10.3 Å².